The molecule has 0 aromatic carbocycles. The summed E-state index contributed by atoms with van der Waals surface area (Å²) in [6, 6.07) is 8.12. The van der Waals surface area contributed by atoms with Crippen molar-refractivity contribution in [3.63, 3.8) is 0 Å². The predicted molar refractivity (Wildman–Crippen MR) is 71.5 cm³/mol. The molecule has 0 aliphatic carbocycles. The maximum Gasteiger partial charge on any atom is 0.0544 e. The number of pyridine rings is 2. The van der Waals surface area contributed by atoms with Crippen LogP contribution in [-0.4, -0.2) is 9.97 Å². The Labute approximate surface area is 109 Å². The van der Waals surface area contributed by atoms with Gasteiger partial charge >= 0.3 is 0 Å². The van der Waals surface area contributed by atoms with Crippen molar-refractivity contribution in [1.82, 2.24) is 15.3 Å². The number of nitrogens with one attached hydrogen (secondary N) is 1. The first-order valence-electron chi connectivity index (χ1n) is 5.47. The van der Waals surface area contributed by atoms with Crippen molar-refractivity contribution in [2.75, 3.05) is 0 Å². The summed E-state index contributed by atoms with van der Waals surface area (Å²) in [5.74, 6) is 0. The van der Waals surface area contributed by atoms with Crippen LogP contribution in [0.5, 0.6) is 0 Å². The second-order valence-electron chi connectivity index (χ2n) is 3.89. The molecule has 4 heteroatoms. The molecule has 0 saturated heterocycles. The lowest BCUT2D eigenvalue weighted by Gasteiger charge is -2.05. The first kappa shape index (κ1) is 12.2. The fraction of sp³-hybridized carbons (Fsp3) is 0.231. The van der Waals surface area contributed by atoms with Gasteiger partial charge in [0.25, 0.3) is 0 Å². The van der Waals surface area contributed by atoms with Gasteiger partial charge in [-0.25, -0.2) is 0 Å². The van der Waals surface area contributed by atoms with Crippen molar-refractivity contribution < 1.29 is 0 Å². The van der Waals surface area contributed by atoms with Gasteiger partial charge in [-0.15, -0.1) is 0 Å². The number of rotatable bonds is 4. The Morgan fingerprint density at radius 2 is 2.12 bits per heavy atom. The summed E-state index contributed by atoms with van der Waals surface area (Å²) in [6.45, 7) is 3.57. The van der Waals surface area contributed by atoms with Crippen LogP contribution in [0.15, 0.2) is 41.1 Å². The summed E-state index contributed by atoms with van der Waals surface area (Å²) in [6.07, 6.45) is 3.65. The second-order valence-corrected chi connectivity index (χ2v) is 4.80. The second kappa shape index (κ2) is 5.89. The van der Waals surface area contributed by atoms with Gasteiger partial charge in [-0.3, -0.25) is 9.97 Å². The maximum atomic E-state index is 4.43. The zero-order valence-electron chi connectivity index (χ0n) is 9.65. The number of hydrogen-bond donors (Lipinski definition) is 1. The first-order chi connectivity index (χ1) is 8.24. The summed E-state index contributed by atoms with van der Waals surface area (Å²) in [5.41, 5.74) is 3.27. The Morgan fingerprint density at radius 3 is 2.88 bits per heavy atom. The van der Waals surface area contributed by atoms with Crippen LogP contribution in [0.4, 0.5) is 0 Å². The molecule has 0 atom stereocenters. The van der Waals surface area contributed by atoms with E-state index in [1.165, 1.54) is 0 Å². The highest BCUT2D eigenvalue weighted by atomic mass is 79.9. The summed E-state index contributed by atoms with van der Waals surface area (Å²) < 4.78 is 1.01. The molecule has 0 saturated carbocycles. The third-order valence-corrected chi connectivity index (χ3v) is 2.78. The van der Waals surface area contributed by atoms with Crippen LogP contribution in [-0.2, 0) is 13.1 Å². The van der Waals surface area contributed by atoms with Crippen LogP contribution in [0.3, 0.4) is 0 Å². The van der Waals surface area contributed by atoms with E-state index in [-0.39, 0.29) is 0 Å². The van der Waals surface area contributed by atoms with Gasteiger partial charge in [-0.1, -0.05) is 6.07 Å². The molecule has 0 amide bonds. The molecule has 88 valence electrons. The van der Waals surface area contributed by atoms with Gasteiger partial charge in [0.2, 0.25) is 0 Å². The average Bonchev–Trinajstić information content (AvgIpc) is 2.29. The predicted octanol–water partition coefficient (Wildman–Crippen LogP) is 2.84. The lowest BCUT2D eigenvalue weighted by Crippen LogP contribution is -2.14. The van der Waals surface area contributed by atoms with E-state index in [2.05, 4.69) is 37.3 Å². The minimum Gasteiger partial charge on any atom is -0.307 e. The van der Waals surface area contributed by atoms with Gasteiger partial charge in [-0.05, 0) is 46.6 Å². The van der Waals surface area contributed by atoms with Gasteiger partial charge in [0.1, 0.15) is 0 Å². The van der Waals surface area contributed by atoms with Crippen LogP contribution in [0.2, 0.25) is 0 Å². The molecular formula is C13H14BrN3. The topological polar surface area (TPSA) is 37.8 Å². The fourth-order valence-corrected chi connectivity index (χ4v) is 2.00. The zero-order valence-corrected chi connectivity index (χ0v) is 11.2. The lowest BCUT2D eigenvalue weighted by molar-refractivity contribution is 0.676. The fourth-order valence-electron chi connectivity index (χ4n) is 1.59. The van der Waals surface area contributed by atoms with Gasteiger partial charge < -0.3 is 5.32 Å². The summed E-state index contributed by atoms with van der Waals surface area (Å²) in [5, 5.41) is 3.35. The SMILES string of the molecule is Cc1cccc(CNCc2cncc(Br)c2)n1. The number of halogens is 1. The smallest absolute Gasteiger partial charge is 0.0544 e. The van der Waals surface area contributed by atoms with E-state index in [4.69, 9.17) is 0 Å². The molecule has 0 fully saturated rings. The minimum absolute atomic E-state index is 0.772. The number of aryl methyl sites for hydroxylation is 1. The molecule has 2 aromatic rings. The van der Waals surface area contributed by atoms with E-state index in [0.717, 1.165) is 34.5 Å². The highest BCUT2D eigenvalue weighted by Crippen LogP contribution is 2.09. The summed E-state index contributed by atoms with van der Waals surface area (Å²) >= 11 is 3.41. The van der Waals surface area contributed by atoms with Gasteiger partial charge in [-0.2, -0.15) is 0 Å². The normalized spacial score (nSPS) is 10.5. The molecule has 2 aromatic heterocycles. The quantitative estimate of drug-likeness (QED) is 0.941. The third kappa shape index (κ3) is 3.91. The molecular weight excluding hydrogens is 278 g/mol. The largest absolute Gasteiger partial charge is 0.307 e. The van der Waals surface area contributed by atoms with Crippen LogP contribution in [0.25, 0.3) is 0 Å². The first-order valence-corrected chi connectivity index (χ1v) is 6.26. The lowest BCUT2D eigenvalue weighted by atomic mass is 10.2. The van der Waals surface area contributed by atoms with Crippen LogP contribution in [0.1, 0.15) is 17.0 Å². The van der Waals surface area contributed by atoms with E-state index in [1.807, 2.05) is 31.3 Å². The van der Waals surface area contributed by atoms with Crippen LogP contribution in [0, 0.1) is 6.92 Å². The Bertz CT molecular complexity index is 454. The van der Waals surface area contributed by atoms with E-state index < -0.39 is 0 Å². The van der Waals surface area contributed by atoms with Crippen molar-refractivity contribution in [3.05, 3.63) is 58.1 Å². The minimum atomic E-state index is 0.772. The molecule has 0 radical (unpaired) electrons. The van der Waals surface area contributed by atoms with E-state index in [0.29, 0.717) is 0 Å². The van der Waals surface area contributed by atoms with Gasteiger partial charge in [0.15, 0.2) is 0 Å². The van der Waals surface area contributed by atoms with Gasteiger partial charge in [0.05, 0.1) is 5.69 Å². The average molecular weight is 292 g/mol. The van der Waals surface area contributed by atoms with E-state index >= 15 is 0 Å². The van der Waals surface area contributed by atoms with Crippen molar-refractivity contribution in [2.45, 2.75) is 20.0 Å². The molecule has 17 heavy (non-hydrogen) atoms. The molecule has 2 rings (SSSR count). The number of hydrogen-bond acceptors (Lipinski definition) is 3. The number of aromatic nitrogens is 2. The molecule has 0 aliphatic heterocycles. The van der Waals surface area contributed by atoms with Crippen molar-refractivity contribution in [1.29, 1.82) is 0 Å². The van der Waals surface area contributed by atoms with Crippen molar-refractivity contribution in [3.8, 4) is 0 Å². The van der Waals surface area contributed by atoms with Crippen molar-refractivity contribution in [2.24, 2.45) is 0 Å². The standard InChI is InChI=1S/C13H14BrN3/c1-10-3-2-4-13(17-10)9-16-7-11-5-12(14)8-15-6-11/h2-6,8,16H,7,9H2,1H3. The highest BCUT2D eigenvalue weighted by Gasteiger charge is 1.97. The van der Waals surface area contributed by atoms with E-state index in [1.54, 1.807) is 6.20 Å². The monoisotopic (exact) mass is 291 g/mol. The molecule has 0 bridgehead atoms. The van der Waals surface area contributed by atoms with Crippen molar-refractivity contribution >= 4 is 15.9 Å². The molecule has 3 nitrogen and oxygen atoms in total. The highest BCUT2D eigenvalue weighted by molar-refractivity contribution is 9.10. The molecule has 2 heterocycles. The molecule has 0 aliphatic rings. The Balaban J connectivity index is 1.87. The van der Waals surface area contributed by atoms with Gasteiger partial charge in [0, 0.05) is 35.6 Å². The van der Waals surface area contributed by atoms with E-state index in [9.17, 15) is 0 Å². The Hall–Kier alpha value is -1.26. The molecule has 1 N–H and O–H groups in total. The number of nitrogens with zero attached hydrogens (tertiary/aromatic N) is 2. The summed E-state index contributed by atoms with van der Waals surface area (Å²) in [7, 11) is 0. The molecule has 0 spiro atoms. The van der Waals surface area contributed by atoms with Crippen LogP contribution < -0.4 is 5.32 Å². The summed E-state index contributed by atoms with van der Waals surface area (Å²) in [4.78, 5) is 8.56. The van der Waals surface area contributed by atoms with Crippen LogP contribution >= 0.6 is 15.9 Å². The third-order valence-electron chi connectivity index (χ3n) is 2.34. The maximum absolute atomic E-state index is 4.43. The Kier molecular flexibility index (Phi) is 4.23. The molecule has 0 unspecified atom stereocenters. The zero-order chi connectivity index (χ0) is 12.1. The Morgan fingerprint density at radius 1 is 1.24 bits per heavy atom.